The Labute approximate surface area is 101 Å². The lowest BCUT2D eigenvalue weighted by Crippen LogP contribution is -2.36. The lowest BCUT2D eigenvalue weighted by Gasteiger charge is -2.24. The molecule has 0 atom stereocenters. The number of Topliss-reactive ketones (excluding diaryl/α,β-unsaturated/α-hetero) is 1. The Morgan fingerprint density at radius 2 is 1.62 bits per heavy atom. The van der Waals surface area contributed by atoms with Crippen molar-refractivity contribution < 1.29 is 4.79 Å². The second-order valence-electron chi connectivity index (χ2n) is 5.45. The van der Waals surface area contributed by atoms with Crippen LogP contribution in [0.4, 0.5) is 0 Å². The van der Waals surface area contributed by atoms with Gasteiger partial charge >= 0.3 is 0 Å². The molecular weight excluding hydrogens is 200 g/mol. The van der Waals surface area contributed by atoms with E-state index in [0.717, 1.165) is 13.1 Å². The molecule has 0 saturated carbocycles. The summed E-state index contributed by atoms with van der Waals surface area (Å²) in [4.78, 5) is 16.0. The van der Waals surface area contributed by atoms with Crippen LogP contribution in [0.2, 0.25) is 0 Å². The van der Waals surface area contributed by atoms with Crippen molar-refractivity contribution in [3.63, 3.8) is 0 Å². The monoisotopic (exact) mass is 228 g/mol. The van der Waals surface area contributed by atoms with Gasteiger partial charge in [-0.05, 0) is 33.9 Å². The van der Waals surface area contributed by atoms with Crippen LogP contribution in [-0.4, -0.2) is 55.4 Å². The molecule has 3 heteroatoms. The van der Waals surface area contributed by atoms with Crippen LogP contribution in [0.5, 0.6) is 0 Å². The molecule has 0 N–H and O–H groups in total. The highest BCUT2D eigenvalue weighted by Gasteiger charge is 2.10. The molecular formula is C13H28N2O. The molecule has 0 amide bonds. The summed E-state index contributed by atoms with van der Waals surface area (Å²) in [6, 6.07) is 0.569. The summed E-state index contributed by atoms with van der Waals surface area (Å²) in [6.07, 6.45) is 0.699. The van der Waals surface area contributed by atoms with Gasteiger partial charge in [0.05, 0.1) is 6.54 Å². The molecule has 0 heterocycles. The Balaban J connectivity index is 3.73. The topological polar surface area (TPSA) is 23.6 Å². The third-order valence-corrected chi connectivity index (χ3v) is 2.80. The van der Waals surface area contributed by atoms with E-state index < -0.39 is 0 Å². The van der Waals surface area contributed by atoms with Crippen molar-refractivity contribution in [2.75, 3.05) is 33.7 Å². The number of carbonyl (C=O) groups is 1. The average molecular weight is 228 g/mol. The van der Waals surface area contributed by atoms with Crippen LogP contribution in [0.25, 0.3) is 0 Å². The molecule has 0 aromatic carbocycles. The highest BCUT2D eigenvalue weighted by atomic mass is 16.1. The SMILES string of the molecule is CC(C)CC(=O)CN(C)CCN(C)C(C)C. The Hall–Kier alpha value is -0.410. The van der Waals surface area contributed by atoms with Crippen molar-refractivity contribution in [3.8, 4) is 0 Å². The van der Waals surface area contributed by atoms with Gasteiger partial charge in [-0.15, -0.1) is 0 Å². The van der Waals surface area contributed by atoms with E-state index in [-0.39, 0.29) is 0 Å². The summed E-state index contributed by atoms with van der Waals surface area (Å²) in [6.45, 7) is 11.1. The van der Waals surface area contributed by atoms with Crippen LogP contribution in [-0.2, 0) is 4.79 Å². The minimum Gasteiger partial charge on any atom is -0.303 e. The third kappa shape index (κ3) is 7.83. The van der Waals surface area contributed by atoms with Gasteiger partial charge in [-0.1, -0.05) is 13.8 Å². The maximum absolute atomic E-state index is 11.6. The molecule has 0 aliphatic rings. The van der Waals surface area contributed by atoms with Crippen LogP contribution in [0, 0.1) is 5.92 Å². The molecule has 0 fully saturated rings. The summed E-state index contributed by atoms with van der Waals surface area (Å²) in [5, 5.41) is 0. The van der Waals surface area contributed by atoms with Crippen molar-refractivity contribution >= 4 is 5.78 Å². The Morgan fingerprint density at radius 1 is 1.06 bits per heavy atom. The van der Waals surface area contributed by atoms with Gasteiger partial charge < -0.3 is 4.90 Å². The van der Waals surface area contributed by atoms with Gasteiger partial charge in [0, 0.05) is 25.6 Å². The zero-order chi connectivity index (χ0) is 12.7. The van der Waals surface area contributed by atoms with E-state index >= 15 is 0 Å². The van der Waals surface area contributed by atoms with Gasteiger partial charge in [0.15, 0.2) is 0 Å². The second kappa shape index (κ2) is 7.80. The molecule has 0 bridgehead atoms. The number of hydrogen-bond donors (Lipinski definition) is 0. The quantitative estimate of drug-likeness (QED) is 0.634. The lowest BCUT2D eigenvalue weighted by molar-refractivity contribution is -0.120. The Bertz CT molecular complexity index is 202. The van der Waals surface area contributed by atoms with Crippen molar-refractivity contribution in [2.45, 2.75) is 40.2 Å². The molecule has 0 aromatic heterocycles. The van der Waals surface area contributed by atoms with Crippen LogP contribution >= 0.6 is 0 Å². The molecule has 0 spiro atoms. The highest BCUT2D eigenvalue weighted by molar-refractivity contribution is 5.80. The van der Waals surface area contributed by atoms with Gasteiger partial charge in [0.1, 0.15) is 5.78 Å². The van der Waals surface area contributed by atoms with Crippen molar-refractivity contribution in [2.24, 2.45) is 5.92 Å². The average Bonchev–Trinajstić information content (AvgIpc) is 2.12. The molecule has 0 aliphatic carbocycles. The van der Waals surface area contributed by atoms with E-state index in [4.69, 9.17) is 0 Å². The van der Waals surface area contributed by atoms with Crippen molar-refractivity contribution in [3.05, 3.63) is 0 Å². The fourth-order valence-electron chi connectivity index (χ4n) is 1.49. The first-order valence-electron chi connectivity index (χ1n) is 6.23. The molecule has 3 nitrogen and oxygen atoms in total. The van der Waals surface area contributed by atoms with E-state index in [2.05, 4.69) is 44.5 Å². The lowest BCUT2D eigenvalue weighted by atomic mass is 10.1. The summed E-state index contributed by atoms with van der Waals surface area (Å²) in [5.41, 5.74) is 0. The molecule has 16 heavy (non-hydrogen) atoms. The van der Waals surface area contributed by atoms with Gasteiger partial charge in [-0.3, -0.25) is 9.69 Å². The van der Waals surface area contributed by atoms with E-state index in [0.29, 0.717) is 30.7 Å². The number of nitrogens with zero attached hydrogens (tertiary/aromatic N) is 2. The predicted molar refractivity (Wildman–Crippen MR) is 69.7 cm³/mol. The first-order chi connectivity index (χ1) is 7.32. The van der Waals surface area contributed by atoms with Crippen molar-refractivity contribution in [1.29, 1.82) is 0 Å². The molecule has 96 valence electrons. The van der Waals surface area contributed by atoms with Crippen LogP contribution in [0.3, 0.4) is 0 Å². The second-order valence-corrected chi connectivity index (χ2v) is 5.45. The minimum absolute atomic E-state index is 0.352. The Kier molecular flexibility index (Phi) is 7.60. The smallest absolute Gasteiger partial charge is 0.147 e. The van der Waals surface area contributed by atoms with E-state index in [9.17, 15) is 4.79 Å². The fraction of sp³-hybridized carbons (Fsp3) is 0.923. The molecule has 0 rings (SSSR count). The van der Waals surface area contributed by atoms with Crippen LogP contribution < -0.4 is 0 Å². The van der Waals surface area contributed by atoms with E-state index in [1.165, 1.54) is 0 Å². The van der Waals surface area contributed by atoms with Crippen LogP contribution in [0.15, 0.2) is 0 Å². The number of hydrogen-bond acceptors (Lipinski definition) is 3. The molecule has 0 saturated heterocycles. The largest absolute Gasteiger partial charge is 0.303 e. The summed E-state index contributed by atoms with van der Waals surface area (Å²) >= 11 is 0. The van der Waals surface area contributed by atoms with Gasteiger partial charge in [0.25, 0.3) is 0 Å². The maximum Gasteiger partial charge on any atom is 0.147 e. The number of carbonyl (C=O) groups excluding carboxylic acids is 1. The zero-order valence-corrected chi connectivity index (χ0v) is 11.8. The number of likely N-dealkylation sites (N-methyl/N-ethyl adjacent to an activating group) is 2. The first kappa shape index (κ1) is 15.6. The van der Waals surface area contributed by atoms with Gasteiger partial charge in [0.2, 0.25) is 0 Å². The van der Waals surface area contributed by atoms with E-state index in [1.807, 2.05) is 7.05 Å². The van der Waals surface area contributed by atoms with Gasteiger partial charge in [-0.2, -0.15) is 0 Å². The highest BCUT2D eigenvalue weighted by Crippen LogP contribution is 2.01. The normalized spacial score (nSPS) is 12.1. The third-order valence-electron chi connectivity index (χ3n) is 2.80. The minimum atomic E-state index is 0.352. The van der Waals surface area contributed by atoms with E-state index in [1.54, 1.807) is 0 Å². The van der Waals surface area contributed by atoms with Gasteiger partial charge in [-0.25, -0.2) is 0 Å². The van der Waals surface area contributed by atoms with Crippen molar-refractivity contribution in [1.82, 2.24) is 9.80 Å². The molecule has 0 radical (unpaired) electrons. The standard InChI is InChI=1S/C13H28N2O/c1-11(2)9-13(16)10-14(5)7-8-15(6)12(3)4/h11-12H,7-10H2,1-6H3. The zero-order valence-electron chi connectivity index (χ0n) is 11.8. The fourth-order valence-corrected chi connectivity index (χ4v) is 1.49. The first-order valence-corrected chi connectivity index (χ1v) is 6.23. The summed E-state index contributed by atoms with van der Waals surface area (Å²) in [7, 11) is 4.14. The predicted octanol–water partition coefficient (Wildman–Crippen LogP) is 1.87. The Morgan fingerprint density at radius 3 is 2.06 bits per heavy atom. The van der Waals surface area contributed by atoms with Crippen LogP contribution in [0.1, 0.15) is 34.1 Å². The number of ketones is 1. The summed E-state index contributed by atoms with van der Waals surface area (Å²) in [5.74, 6) is 0.823. The molecule has 0 unspecified atom stereocenters. The molecule has 0 aromatic rings. The number of rotatable bonds is 8. The maximum atomic E-state index is 11.6. The molecule has 0 aliphatic heterocycles. The summed E-state index contributed by atoms with van der Waals surface area (Å²) < 4.78 is 0.